The van der Waals surface area contributed by atoms with Crippen LogP contribution in [0.1, 0.15) is 24.0 Å². The molecule has 1 aliphatic heterocycles. The summed E-state index contributed by atoms with van der Waals surface area (Å²) >= 11 is 1.75. The molecule has 0 saturated heterocycles. The molecule has 4 nitrogen and oxygen atoms in total. The number of fused-ring (bicyclic) bond motifs is 1. The minimum absolute atomic E-state index is 0.0122. The fraction of sp³-hybridized carbons (Fsp3) is 0.176. The van der Waals surface area contributed by atoms with Crippen molar-refractivity contribution in [2.75, 3.05) is 0 Å². The first-order valence-electron chi connectivity index (χ1n) is 7.23. The summed E-state index contributed by atoms with van der Waals surface area (Å²) in [7, 11) is 0. The van der Waals surface area contributed by atoms with Crippen LogP contribution in [-0.2, 0) is 4.79 Å². The Morgan fingerprint density at radius 1 is 1.18 bits per heavy atom. The van der Waals surface area contributed by atoms with Crippen molar-refractivity contribution in [3.63, 3.8) is 0 Å². The van der Waals surface area contributed by atoms with E-state index in [9.17, 15) is 4.79 Å². The molecule has 0 fully saturated rings. The number of nitrogens with zero attached hydrogens (tertiary/aromatic N) is 1. The number of aromatic nitrogens is 1. The zero-order chi connectivity index (χ0) is 15.1. The van der Waals surface area contributed by atoms with Crippen molar-refractivity contribution in [1.29, 1.82) is 0 Å². The molecule has 0 unspecified atom stereocenters. The van der Waals surface area contributed by atoms with Gasteiger partial charge in [0.1, 0.15) is 0 Å². The van der Waals surface area contributed by atoms with Gasteiger partial charge in [0.2, 0.25) is 5.91 Å². The maximum atomic E-state index is 11.2. The van der Waals surface area contributed by atoms with Gasteiger partial charge in [-0.05, 0) is 47.7 Å². The van der Waals surface area contributed by atoms with Crippen LogP contribution in [0.4, 0.5) is 0 Å². The summed E-state index contributed by atoms with van der Waals surface area (Å²) in [6, 6.07) is 10.6. The number of benzene rings is 1. The van der Waals surface area contributed by atoms with Crippen molar-refractivity contribution in [3.8, 4) is 10.6 Å². The van der Waals surface area contributed by atoms with Crippen LogP contribution >= 0.6 is 11.3 Å². The first-order chi connectivity index (χ1) is 10.7. The molecular weight excluding hydrogens is 294 g/mol. The van der Waals surface area contributed by atoms with E-state index in [4.69, 9.17) is 0 Å². The third-order valence-corrected chi connectivity index (χ3v) is 4.94. The van der Waals surface area contributed by atoms with Crippen molar-refractivity contribution in [2.24, 2.45) is 5.10 Å². The van der Waals surface area contributed by atoms with Crippen LogP contribution in [0.5, 0.6) is 0 Å². The van der Waals surface area contributed by atoms with Gasteiger partial charge in [-0.2, -0.15) is 5.10 Å². The lowest BCUT2D eigenvalue weighted by Gasteiger charge is -2.11. The molecule has 3 heterocycles. The van der Waals surface area contributed by atoms with Gasteiger partial charge in [0, 0.05) is 23.7 Å². The molecule has 0 saturated carbocycles. The lowest BCUT2D eigenvalue weighted by Crippen LogP contribution is -2.25. The Balaban J connectivity index is 1.73. The zero-order valence-electron chi connectivity index (χ0n) is 12.1. The molecule has 0 atom stereocenters. The number of amides is 1. The summed E-state index contributed by atoms with van der Waals surface area (Å²) in [5.41, 5.74) is 8.11. The van der Waals surface area contributed by atoms with E-state index < -0.39 is 0 Å². The van der Waals surface area contributed by atoms with Gasteiger partial charge >= 0.3 is 0 Å². The highest BCUT2D eigenvalue weighted by Gasteiger charge is 2.14. The molecule has 22 heavy (non-hydrogen) atoms. The lowest BCUT2D eigenvalue weighted by molar-refractivity contribution is -0.121. The van der Waals surface area contributed by atoms with E-state index in [1.54, 1.807) is 11.3 Å². The number of hydrogen-bond acceptors (Lipinski definition) is 3. The standard InChI is InChI=1S/C17H15N3OS/c1-10-6-16(22-9-10)15-8-12-7-11(2-3-13(12)18-15)14-4-5-17(21)20-19-14/h2-3,6-9,18H,4-5H2,1H3,(H,20,21). The Kier molecular flexibility index (Phi) is 3.08. The molecule has 5 heteroatoms. The van der Waals surface area contributed by atoms with E-state index in [-0.39, 0.29) is 5.91 Å². The molecule has 0 aliphatic carbocycles. The SMILES string of the molecule is Cc1csc(-c2cc3cc(C4=NNC(=O)CC4)ccc3[nH]2)c1. The molecular formula is C17H15N3OS. The highest BCUT2D eigenvalue weighted by Crippen LogP contribution is 2.30. The number of hydrazone groups is 1. The number of aryl methyl sites for hydroxylation is 1. The van der Waals surface area contributed by atoms with E-state index in [0.717, 1.165) is 27.9 Å². The van der Waals surface area contributed by atoms with Gasteiger partial charge < -0.3 is 4.98 Å². The number of rotatable bonds is 2. The van der Waals surface area contributed by atoms with Crippen LogP contribution in [0, 0.1) is 6.92 Å². The van der Waals surface area contributed by atoms with Gasteiger partial charge in [-0.15, -0.1) is 11.3 Å². The predicted octanol–water partition coefficient (Wildman–Crippen LogP) is 3.82. The Bertz CT molecular complexity index is 904. The van der Waals surface area contributed by atoms with Crippen LogP contribution in [0.25, 0.3) is 21.5 Å². The molecule has 3 aromatic rings. The average Bonchev–Trinajstić information content (AvgIpc) is 3.13. The van der Waals surface area contributed by atoms with Gasteiger partial charge in [0.15, 0.2) is 0 Å². The van der Waals surface area contributed by atoms with E-state index in [2.05, 4.69) is 58.1 Å². The third-order valence-electron chi connectivity index (χ3n) is 3.85. The Labute approximate surface area is 131 Å². The highest BCUT2D eigenvalue weighted by molar-refractivity contribution is 7.13. The van der Waals surface area contributed by atoms with E-state index in [1.807, 2.05) is 0 Å². The van der Waals surface area contributed by atoms with Gasteiger partial charge in [0.25, 0.3) is 0 Å². The normalized spacial score (nSPS) is 15.0. The second-order valence-electron chi connectivity index (χ2n) is 5.57. The van der Waals surface area contributed by atoms with Crippen LogP contribution in [0.2, 0.25) is 0 Å². The van der Waals surface area contributed by atoms with Crippen molar-refractivity contribution >= 4 is 33.9 Å². The second kappa shape index (κ2) is 5.10. The fourth-order valence-corrected chi connectivity index (χ4v) is 3.57. The van der Waals surface area contributed by atoms with Crippen molar-refractivity contribution in [1.82, 2.24) is 10.4 Å². The van der Waals surface area contributed by atoms with Crippen molar-refractivity contribution in [3.05, 3.63) is 46.8 Å². The van der Waals surface area contributed by atoms with Gasteiger partial charge in [-0.25, -0.2) is 5.43 Å². The number of hydrogen-bond donors (Lipinski definition) is 2. The number of aromatic amines is 1. The number of nitrogens with one attached hydrogen (secondary N) is 2. The Morgan fingerprint density at radius 3 is 2.82 bits per heavy atom. The Hall–Kier alpha value is -2.40. The average molecular weight is 309 g/mol. The van der Waals surface area contributed by atoms with Gasteiger partial charge in [-0.1, -0.05) is 6.07 Å². The van der Waals surface area contributed by atoms with Crippen LogP contribution in [0.15, 0.2) is 40.8 Å². The summed E-state index contributed by atoms with van der Waals surface area (Å²) in [4.78, 5) is 15.9. The molecule has 2 aromatic heterocycles. The predicted molar refractivity (Wildman–Crippen MR) is 90.3 cm³/mol. The molecule has 110 valence electrons. The molecule has 1 aromatic carbocycles. The van der Waals surface area contributed by atoms with Gasteiger partial charge in [-0.3, -0.25) is 4.79 Å². The molecule has 2 N–H and O–H groups in total. The largest absolute Gasteiger partial charge is 0.354 e. The molecule has 0 spiro atoms. The summed E-state index contributed by atoms with van der Waals surface area (Å²) in [6.45, 7) is 2.11. The maximum absolute atomic E-state index is 11.2. The fourth-order valence-electron chi connectivity index (χ4n) is 2.70. The van der Waals surface area contributed by atoms with E-state index >= 15 is 0 Å². The summed E-state index contributed by atoms with van der Waals surface area (Å²) in [5.74, 6) is -0.0122. The van der Waals surface area contributed by atoms with Crippen LogP contribution in [-0.4, -0.2) is 16.6 Å². The van der Waals surface area contributed by atoms with Crippen LogP contribution < -0.4 is 5.43 Å². The first kappa shape index (κ1) is 13.3. The minimum Gasteiger partial charge on any atom is -0.354 e. The zero-order valence-corrected chi connectivity index (χ0v) is 13.0. The maximum Gasteiger partial charge on any atom is 0.240 e. The second-order valence-corrected chi connectivity index (χ2v) is 6.48. The topological polar surface area (TPSA) is 57.2 Å². The Morgan fingerprint density at radius 2 is 2.09 bits per heavy atom. The molecule has 1 aliphatic rings. The molecule has 4 rings (SSSR count). The third kappa shape index (κ3) is 2.33. The minimum atomic E-state index is -0.0122. The van der Waals surface area contributed by atoms with E-state index in [0.29, 0.717) is 12.8 Å². The van der Waals surface area contributed by atoms with E-state index in [1.165, 1.54) is 10.4 Å². The van der Waals surface area contributed by atoms with Crippen molar-refractivity contribution in [2.45, 2.75) is 19.8 Å². The number of thiophene rings is 1. The van der Waals surface area contributed by atoms with Gasteiger partial charge in [0.05, 0.1) is 16.3 Å². The molecule has 0 radical (unpaired) electrons. The lowest BCUT2D eigenvalue weighted by atomic mass is 10.0. The number of carbonyl (C=O) groups is 1. The summed E-state index contributed by atoms with van der Waals surface area (Å²) in [6.07, 6.45) is 1.20. The number of H-pyrrole nitrogens is 1. The first-order valence-corrected chi connectivity index (χ1v) is 8.11. The monoisotopic (exact) mass is 309 g/mol. The molecule has 1 amide bonds. The summed E-state index contributed by atoms with van der Waals surface area (Å²) < 4.78 is 0. The number of carbonyl (C=O) groups excluding carboxylic acids is 1. The summed E-state index contributed by atoms with van der Waals surface area (Å²) in [5, 5.41) is 7.49. The van der Waals surface area contributed by atoms with Crippen LogP contribution in [0.3, 0.4) is 0 Å². The highest BCUT2D eigenvalue weighted by atomic mass is 32.1. The quantitative estimate of drug-likeness (QED) is 0.743. The van der Waals surface area contributed by atoms with Crippen molar-refractivity contribution < 1.29 is 4.79 Å². The smallest absolute Gasteiger partial charge is 0.240 e. The molecule has 0 bridgehead atoms.